The van der Waals surface area contributed by atoms with Crippen LogP contribution in [0.4, 0.5) is 9.18 Å². The normalized spacial score (nSPS) is 15.8. The minimum absolute atomic E-state index is 0.194. The lowest BCUT2D eigenvalue weighted by molar-refractivity contribution is 0.129. The number of nitrogens with zero attached hydrogens (tertiary/aromatic N) is 1. The predicted molar refractivity (Wildman–Crippen MR) is 90.6 cm³/mol. The van der Waals surface area contributed by atoms with Crippen molar-refractivity contribution in [3.8, 4) is 16.9 Å². The van der Waals surface area contributed by atoms with Gasteiger partial charge < -0.3 is 14.7 Å². The molecule has 1 heterocycles. The topological polar surface area (TPSA) is 49.8 Å². The van der Waals surface area contributed by atoms with Gasteiger partial charge in [0.05, 0.1) is 11.6 Å². The van der Waals surface area contributed by atoms with Crippen molar-refractivity contribution < 1.29 is 19.0 Å². The molecule has 0 saturated heterocycles. The Balaban J connectivity index is 1.97. The number of fused-ring (bicyclic) bond motifs is 1. The molecule has 2 aromatic rings. The molecular formula is C17H14Cl2FNO3. The van der Waals surface area contributed by atoms with Crippen LogP contribution in [0, 0.1) is 5.82 Å². The third-order valence-corrected chi connectivity index (χ3v) is 4.44. The van der Waals surface area contributed by atoms with Crippen LogP contribution in [0.1, 0.15) is 5.56 Å². The molecule has 1 N–H and O–H groups in total. The Kier molecular flexibility index (Phi) is 4.56. The average Bonchev–Trinajstić information content (AvgIpc) is 2.88. The number of carbonyl (C=O) groups is 1. The number of ether oxygens (including phenoxy) is 1. The molecule has 2 aromatic carbocycles. The molecule has 0 radical (unpaired) electrons. The first-order valence-corrected chi connectivity index (χ1v) is 7.99. The highest BCUT2D eigenvalue weighted by molar-refractivity contribution is 6.36. The highest BCUT2D eigenvalue weighted by Gasteiger charge is 2.29. The molecule has 0 aliphatic carbocycles. The monoisotopic (exact) mass is 369 g/mol. The molecule has 3 rings (SSSR count). The van der Waals surface area contributed by atoms with Gasteiger partial charge >= 0.3 is 6.09 Å². The molecule has 1 amide bonds. The van der Waals surface area contributed by atoms with E-state index in [1.165, 1.54) is 19.2 Å². The molecular weight excluding hydrogens is 356 g/mol. The maximum absolute atomic E-state index is 14.0. The molecule has 0 aromatic heterocycles. The minimum Gasteiger partial charge on any atom is -0.487 e. The molecule has 0 bridgehead atoms. The third kappa shape index (κ3) is 3.28. The molecule has 0 saturated carbocycles. The van der Waals surface area contributed by atoms with Crippen molar-refractivity contribution in [3.05, 3.63) is 51.8 Å². The van der Waals surface area contributed by atoms with Crippen molar-refractivity contribution in [1.29, 1.82) is 0 Å². The summed E-state index contributed by atoms with van der Waals surface area (Å²) >= 11 is 12.1. The van der Waals surface area contributed by atoms with Crippen LogP contribution in [0.2, 0.25) is 10.0 Å². The lowest BCUT2D eigenvalue weighted by Crippen LogP contribution is -2.35. The summed E-state index contributed by atoms with van der Waals surface area (Å²) in [6.07, 6.45) is -0.974. The summed E-state index contributed by atoms with van der Waals surface area (Å²) in [4.78, 5) is 12.1. The molecule has 4 nitrogen and oxygen atoms in total. The number of halogens is 3. The fraction of sp³-hybridized carbons (Fsp3) is 0.235. The SMILES string of the molecule is CN(CC1Cc2cc(F)cc(-c3ccc(Cl)cc3Cl)c2O1)C(=O)O. The minimum atomic E-state index is -1.04. The highest BCUT2D eigenvalue weighted by Crippen LogP contribution is 2.42. The fourth-order valence-corrected chi connectivity index (χ4v) is 3.30. The second kappa shape index (κ2) is 6.49. The molecule has 1 aliphatic rings. The van der Waals surface area contributed by atoms with Crippen LogP contribution in [-0.4, -0.2) is 35.8 Å². The first-order valence-electron chi connectivity index (χ1n) is 7.23. The average molecular weight is 370 g/mol. The summed E-state index contributed by atoms with van der Waals surface area (Å²) in [6, 6.07) is 7.73. The first kappa shape index (κ1) is 16.9. The van der Waals surface area contributed by atoms with Gasteiger partial charge in [0, 0.05) is 35.2 Å². The van der Waals surface area contributed by atoms with Gasteiger partial charge in [0.1, 0.15) is 17.7 Å². The van der Waals surface area contributed by atoms with E-state index in [1.807, 2.05) is 0 Å². The number of amides is 1. The molecule has 24 heavy (non-hydrogen) atoms. The van der Waals surface area contributed by atoms with Crippen LogP contribution >= 0.6 is 23.2 Å². The van der Waals surface area contributed by atoms with Crippen molar-refractivity contribution >= 4 is 29.3 Å². The van der Waals surface area contributed by atoms with Gasteiger partial charge in [-0.3, -0.25) is 0 Å². The maximum atomic E-state index is 14.0. The Morgan fingerprint density at radius 1 is 1.33 bits per heavy atom. The largest absolute Gasteiger partial charge is 0.487 e. The first-order chi connectivity index (χ1) is 11.3. The van der Waals surface area contributed by atoms with Crippen molar-refractivity contribution in [2.45, 2.75) is 12.5 Å². The van der Waals surface area contributed by atoms with Crippen LogP contribution in [0.3, 0.4) is 0 Å². The van der Waals surface area contributed by atoms with Gasteiger partial charge in [-0.2, -0.15) is 0 Å². The predicted octanol–water partition coefficient (Wildman–Crippen LogP) is 4.71. The van der Waals surface area contributed by atoms with Gasteiger partial charge in [-0.05, 0) is 24.3 Å². The van der Waals surface area contributed by atoms with Crippen molar-refractivity contribution in [3.63, 3.8) is 0 Å². The maximum Gasteiger partial charge on any atom is 0.407 e. The summed E-state index contributed by atoms with van der Waals surface area (Å²) < 4.78 is 19.9. The molecule has 1 aliphatic heterocycles. The quantitative estimate of drug-likeness (QED) is 0.851. The number of benzene rings is 2. The van der Waals surface area contributed by atoms with Crippen LogP contribution in [-0.2, 0) is 6.42 Å². The number of likely N-dealkylation sites (N-methyl/N-ethyl adjacent to an activating group) is 1. The molecule has 126 valence electrons. The molecule has 7 heteroatoms. The van der Waals surface area contributed by atoms with E-state index >= 15 is 0 Å². The van der Waals surface area contributed by atoms with Crippen LogP contribution < -0.4 is 4.74 Å². The fourth-order valence-electron chi connectivity index (χ4n) is 2.79. The van der Waals surface area contributed by atoms with Crippen molar-refractivity contribution in [2.24, 2.45) is 0 Å². The van der Waals surface area contributed by atoms with E-state index in [4.69, 9.17) is 33.0 Å². The van der Waals surface area contributed by atoms with Gasteiger partial charge in [0.15, 0.2) is 0 Å². The van der Waals surface area contributed by atoms with E-state index in [-0.39, 0.29) is 12.6 Å². The summed E-state index contributed by atoms with van der Waals surface area (Å²) in [5.41, 5.74) is 1.84. The van der Waals surface area contributed by atoms with E-state index < -0.39 is 11.9 Å². The summed E-state index contributed by atoms with van der Waals surface area (Å²) in [5, 5.41) is 9.86. The highest BCUT2D eigenvalue weighted by atomic mass is 35.5. The number of carboxylic acid groups (broad SMARTS) is 1. The van der Waals surface area contributed by atoms with E-state index in [9.17, 15) is 9.18 Å². The molecule has 1 atom stereocenters. The molecule has 1 unspecified atom stereocenters. The van der Waals surface area contributed by atoms with Crippen LogP contribution in [0.25, 0.3) is 11.1 Å². The second-order valence-electron chi connectivity index (χ2n) is 5.67. The van der Waals surface area contributed by atoms with Gasteiger partial charge in [-0.15, -0.1) is 0 Å². The summed E-state index contributed by atoms with van der Waals surface area (Å²) in [7, 11) is 1.46. The van der Waals surface area contributed by atoms with E-state index in [0.29, 0.717) is 38.9 Å². The van der Waals surface area contributed by atoms with Crippen LogP contribution in [0.5, 0.6) is 5.75 Å². The van der Waals surface area contributed by atoms with Gasteiger partial charge in [-0.1, -0.05) is 29.3 Å². The Bertz CT molecular complexity index is 813. The Morgan fingerprint density at radius 3 is 2.75 bits per heavy atom. The number of hydrogen-bond acceptors (Lipinski definition) is 2. The molecule has 0 spiro atoms. The van der Waals surface area contributed by atoms with Crippen molar-refractivity contribution in [1.82, 2.24) is 4.90 Å². The van der Waals surface area contributed by atoms with Crippen LogP contribution in [0.15, 0.2) is 30.3 Å². The van der Waals surface area contributed by atoms with E-state index in [2.05, 4.69) is 0 Å². The third-order valence-electron chi connectivity index (χ3n) is 3.89. The Hall–Kier alpha value is -1.98. The zero-order chi connectivity index (χ0) is 17.4. The zero-order valence-corrected chi connectivity index (χ0v) is 14.2. The zero-order valence-electron chi connectivity index (χ0n) is 12.7. The van der Waals surface area contributed by atoms with Gasteiger partial charge in [0.2, 0.25) is 0 Å². The van der Waals surface area contributed by atoms with Gasteiger partial charge in [0.25, 0.3) is 0 Å². The molecule has 0 fully saturated rings. The standard InChI is InChI=1S/C17H14Cl2FNO3/c1-21(17(22)23)8-12-5-9-4-11(20)7-14(16(9)24-12)13-3-2-10(18)6-15(13)19/h2-4,6-7,12H,5,8H2,1H3,(H,22,23). The Morgan fingerprint density at radius 2 is 2.08 bits per heavy atom. The Labute approximate surface area is 148 Å². The number of hydrogen-bond donors (Lipinski definition) is 1. The van der Waals surface area contributed by atoms with Crippen molar-refractivity contribution in [2.75, 3.05) is 13.6 Å². The lowest BCUT2D eigenvalue weighted by atomic mass is 10.00. The second-order valence-corrected chi connectivity index (χ2v) is 6.52. The lowest BCUT2D eigenvalue weighted by Gasteiger charge is -2.18. The van der Waals surface area contributed by atoms with E-state index in [1.54, 1.807) is 18.2 Å². The number of rotatable bonds is 3. The summed E-state index contributed by atoms with van der Waals surface area (Å²) in [5.74, 6) is 0.134. The van der Waals surface area contributed by atoms with E-state index in [0.717, 1.165) is 4.90 Å². The van der Waals surface area contributed by atoms with Gasteiger partial charge in [-0.25, -0.2) is 9.18 Å². The summed E-state index contributed by atoms with van der Waals surface area (Å²) in [6.45, 7) is 0.194. The smallest absolute Gasteiger partial charge is 0.407 e.